The maximum Gasteiger partial charge on any atom is 0.326 e. The lowest BCUT2D eigenvalue weighted by Gasteiger charge is -2.16. The highest BCUT2D eigenvalue weighted by atomic mass is 35.5. The standard InChI is InChI=1S/C13H16ClNO3/c1-8(2)7-11(13(17)18)15-12(16)9-3-5-10(14)6-4-9/h3-6,8,11H,7H2,1-2H3,(H,15,16)(H,17,18)/t11-/m0/s1. The molecule has 0 unspecified atom stereocenters. The average molecular weight is 270 g/mol. The largest absolute Gasteiger partial charge is 0.480 e. The van der Waals surface area contributed by atoms with Crippen molar-refractivity contribution in [1.29, 1.82) is 0 Å². The van der Waals surface area contributed by atoms with Crippen LogP contribution < -0.4 is 5.32 Å². The van der Waals surface area contributed by atoms with Crippen molar-refractivity contribution in [2.75, 3.05) is 0 Å². The van der Waals surface area contributed by atoms with Gasteiger partial charge in [0.05, 0.1) is 0 Å². The van der Waals surface area contributed by atoms with Crippen LogP contribution in [0.25, 0.3) is 0 Å². The number of carboxylic acids is 1. The molecule has 1 amide bonds. The summed E-state index contributed by atoms with van der Waals surface area (Å²) in [5.74, 6) is -1.23. The monoisotopic (exact) mass is 269 g/mol. The molecule has 0 heterocycles. The molecule has 0 bridgehead atoms. The van der Waals surface area contributed by atoms with Crippen LogP contribution in [-0.4, -0.2) is 23.0 Å². The number of carboxylic acid groups (broad SMARTS) is 1. The zero-order valence-electron chi connectivity index (χ0n) is 10.3. The Morgan fingerprint density at radius 2 is 1.83 bits per heavy atom. The molecule has 0 fully saturated rings. The van der Waals surface area contributed by atoms with Gasteiger partial charge in [0.1, 0.15) is 6.04 Å². The second-order valence-electron chi connectivity index (χ2n) is 4.50. The molecular formula is C13H16ClNO3. The summed E-state index contributed by atoms with van der Waals surface area (Å²) in [5, 5.41) is 12.1. The number of hydrogen-bond donors (Lipinski definition) is 2. The molecule has 0 spiro atoms. The Hall–Kier alpha value is -1.55. The van der Waals surface area contributed by atoms with Crippen LogP contribution in [-0.2, 0) is 4.79 Å². The SMILES string of the molecule is CC(C)C[C@H](NC(=O)c1ccc(Cl)cc1)C(=O)O. The van der Waals surface area contributed by atoms with Crippen LogP contribution in [0.2, 0.25) is 5.02 Å². The van der Waals surface area contributed by atoms with E-state index in [1.807, 2.05) is 13.8 Å². The van der Waals surface area contributed by atoms with Crippen molar-refractivity contribution in [1.82, 2.24) is 5.32 Å². The Labute approximate surface area is 111 Å². The lowest BCUT2D eigenvalue weighted by Crippen LogP contribution is -2.41. The van der Waals surface area contributed by atoms with Gasteiger partial charge in [0.25, 0.3) is 5.91 Å². The van der Waals surface area contributed by atoms with E-state index in [0.717, 1.165) is 0 Å². The van der Waals surface area contributed by atoms with Gasteiger partial charge in [-0.05, 0) is 36.6 Å². The van der Waals surface area contributed by atoms with Gasteiger partial charge in [0.2, 0.25) is 0 Å². The number of hydrogen-bond acceptors (Lipinski definition) is 2. The van der Waals surface area contributed by atoms with Gasteiger partial charge < -0.3 is 10.4 Å². The normalized spacial score (nSPS) is 12.2. The van der Waals surface area contributed by atoms with Gasteiger partial charge in [0.15, 0.2) is 0 Å². The molecule has 18 heavy (non-hydrogen) atoms. The number of nitrogens with one attached hydrogen (secondary N) is 1. The van der Waals surface area contributed by atoms with E-state index in [-0.39, 0.29) is 5.92 Å². The second kappa shape index (κ2) is 6.40. The van der Waals surface area contributed by atoms with Crippen molar-refractivity contribution in [3.63, 3.8) is 0 Å². The van der Waals surface area contributed by atoms with Crippen molar-refractivity contribution < 1.29 is 14.7 Å². The number of carbonyl (C=O) groups is 2. The van der Waals surface area contributed by atoms with E-state index in [9.17, 15) is 9.59 Å². The summed E-state index contributed by atoms with van der Waals surface area (Å²) in [5.41, 5.74) is 0.398. The molecule has 2 N–H and O–H groups in total. The summed E-state index contributed by atoms with van der Waals surface area (Å²) in [6.45, 7) is 3.81. The van der Waals surface area contributed by atoms with Gasteiger partial charge >= 0.3 is 5.97 Å². The summed E-state index contributed by atoms with van der Waals surface area (Å²) >= 11 is 5.72. The molecule has 0 aromatic heterocycles. The minimum absolute atomic E-state index is 0.191. The fourth-order valence-electron chi connectivity index (χ4n) is 1.54. The summed E-state index contributed by atoms with van der Waals surface area (Å²) in [7, 11) is 0. The lowest BCUT2D eigenvalue weighted by molar-refractivity contribution is -0.139. The molecule has 1 aromatic carbocycles. The minimum Gasteiger partial charge on any atom is -0.480 e. The van der Waals surface area contributed by atoms with E-state index in [0.29, 0.717) is 17.0 Å². The summed E-state index contributed by atoms with van der Waals surface area (Å²) in [6, 6.07) is 5.44. The average Bonchev–Trinajstić information content (AvgIpc) is 2.28. The molecule has 4 nitrogen and oxygen atoms in total. The Morgan fingerprint density at radius 1 is 1.28 bits per heavy atom. The molecule has 0 radical (unpaired) electrons. The molecule has 1 atom stereocenters. The second-order valence-corrected chi connectivity index (χ2v) is 4.94. The van der Waals surface area contributed by atoms with E-state index in [2.05, 4.69) is 5.32 Å². The molecule has 0 aliphatic rings. The highest BCUT2D eigenvalue weighted by molar-refractivity contribution is 6.30. The molecule has 5 heteroatoms. The first-order valence-corrected chi connectivity index (χ1v) is 6.07. The predicted molar refractivity (Wildman–Crippen MR) is 69.8 cm³/mol. The van der Waals surface area contributed by atoms with Crippen molar-refractivity contribution in [2.45, 2.75) is 26.3 Å². The van der Waals surface area contributed by atoms with Crippen molar-refractivity contribution in [2.24, 2.45) is 5.92 Å². The first kappa shape index (κ1) is 14.5. The number of halogens is 1. The lowest BCUT2D eigenvalue weighted by atomic mass is 10.0. The fraction of sp³-hybridized carbons (Fsp3) is 0.385. The predicted octanol–water partition coefficient (Wildman–Crippen LogP) is 2.57. The van der Waals surface area contributed by atoms with Crippen LogP contribution in [0.1, 0.15) is 30.6 Å². The highest BCUT2D eigenvalue weighted by Crippen LogP contribution is 2.11. The first-order valence-electron chi connectivity index (χ1n) is 5.69. The molecule has 0 saturated heterocycles. The smallest absolute Gasteiger partial charge is 0.326 e. The fourth-order valence-corrected chi connectivity index (χ4v) is 1.66. The molecular weight excluding hydrogens is 254 g/mol. The van der Waals surface area contributed by atoms with E-state index in [1.165, 1.54) is 0 Å². The van der Waals surface area contributed by atoms with E-state index < -0.39 is 17.9 Å². The number of rotatable bonds is 5. The number of carbonyl (C=O) groups excluding carboxylic acids is 1. The summed E-state index contributed by atoms with van der Waals surface area (Å²) in [6.07, 6.45) is 0.397. The quantitative estimate of drug-likeness (QED) is 0.863. The summed E-state index contributed by atoms with van der Waals surface area (Å²) < 4.78 is 0. The maximum absolute atomic E-state index is 11.8. The Bertz CT molecular complexity index is 428. The highest BCUT2D eigenvalue weighted by Gasteiger charge is 2.21. The Morgan fingerprint density at radius 3 is 2.28 bits per heavy atom. The maximum atomic E-state index is 11.8. The molecule has 0 aliphatic carbocycles. The first-order chi connectivity index (χ1) is 8.40. The zero-order valence-corrected chi connectivity index (χ0v) is 11.1. The van der Waals surface area contributed by atoms with Crippen LogP contribution in [0, 0.1) is 5.92 Å². The van der Waals surface area contributed by atoms with Gasteiger partial charge in [-0.15, -0.1) is 0 Å². The van der Waals surface area contributed by atoms with E-state index in [4.69, 9.17) is 16.7 Å². The van der Waals surface area contributed by atoms with Crippen LogP contribution in [0.15, 0.2) is 24.3 Å². The number of aliphatic carboxylic acids is 1. The van der Waals surface area contributed by atoms with Crippen LogP contribution >= 0.6 is 11.6 Å². The van der Waals surface area contributed by atoms with E-state index >= 15 is 0 Å². The number of benzene rings is 1. The van der Waals surface area contributed by atoms with Crippen LogP contribution in [0.5, 0.6) is 0 Å². The topological polar surface area (TPSA) is 66.4 Å². The zero-order chi connectivity index (χ0) is 13.7. The van der Waals surface area contributed by atoms with Gasteiger partial charge in [-0.25, -0.2) is 4.79 Å². The van der Waals surface area contributed by atoms with Crippen molar-refractivity contribution in [3.8, 4) is 0 Å². The van der Waals surface area contributed by atoms with Crippen LogP contribution in [0.4, 0.5) is 0 Å². The number of amides is 1. The molecule has 98 valence electrons. The Balaban J connectivity index is 2.72. The van der Waals surface area contributed by atoms with Gasteiger partial charge in [-0.2, -0.15) is 0 Å². The molecule has 0 aliphatic heterocycles. The third-order valence-electron chi connectivity index (χ3n) is 2.42. The van der Waals surface area contributed by atoms with Gasteiger partial charge in [-0.1, -0.05) is 25.4 Å². The van der Waals surface area contributed by atoms with E-state index in [1.54, 1.807) is 24.3 Å². The van der Waals surface area contributed by atoms with Gasteiger partial charge in [-0.3, -0.25) is 4.79 Å². The van der Waals surface area contributed by atoms with Gasteiger partial charge in [0, 0.05) is 10.6 Å². The summed E-state index contributed by atoms with van der Waals surface area (Å²) in [4.78, 5) is 22.9. The third-order valence-corrected chi connectivity index (χ3v) is 2.67. The van der Waals surface area contributed by atoms with Crippen LogP contribution in [0.3, 0.4) is 0 Å². The Kier molecular flexibility index (Phi) is 5.16. The van der Waals surface area contributed by atoms with Crippen molar-refractivity contribution in [3.05, 3.63) is 34.9 Å². The molecule has 0 saturated carbocycles. The third kappa shape index (κ3) is 4.37. The molecule has 1 aromatic rings. The van der Waals surface area contributed by atoms with Crippen molar-refractivity contribution >= 4 is 23.5 Å². The minimum atomic E-state index is -1.02. The molecule has 1 rings (SSSR count).